The smallest absolute Gasteiger partial charge is 0.224 e. The van der Waals surface area contributed by atoms with Crippen molar-refractivity contribution in [1.82, 2.24) is 54.0 Å². The Balaban J connectivity index is 0.000000195. The number of aromatic nitrogens is 6. The number of carbonyl (C=O) groups is 5. The molecule has 0 saturated carbocycles. The van der Waals surface area contributed by atoms with Crippen molar-refractivity contribution >= 4 is 122 Å². The molecule has 6 aromatic rings. The van der Waals surface area contributed by atoms with Crippen LogP contribution in [0.1, 0.15) is 49.3 Å². The lowest BCUT2D eigenvalue weighted by atomic mass is 10.2. The van der Waals surface area contributed by atoms with Gasteiger partial charge in [0.1, 0.15) is 43.9 Å². The van der Waals surface area contributed by atoms with Crippen LogP contribution < -0.4 is 21.7 Å². The number of hydrogen-bond acceptors (Lipinski definition) is 14. The predicted octanol–water partition coefficient (Wildman–Crippen LogP) is 8.86. The van der Waals surface area contributed by atoms with Crippen LogP contribution >= 0.6 is 47.8 Å². The van der Waals surface area contributed by atoms with E-state index < -0.39 is 16.1 Å². The molecule has 5 fully saturated rings. The zero-order chi connectivity index (χ0) is 65.6. The number of nitrogens with two attached hydrogens (primary N) is 1. The lowest BCUT2D eigenvalue weighted by molar-refractivity contribution is -0.127. The highest BCUT2D eigenvalue weighted by Gasteiger charge is 2.31. The number of rotatable bonds is 7. The molecule has 5 unspecified atom stereocenters. The third-order valence-corrected chi connectivity index (χ3v) is 18.0. The minimum absolute atomic E-state index is 0.0764. The van der Waals surface area contributed by atoms with Crippen LogP contribution in [-0.2, 0) is 24.0 Å². The van der Waals surface area contributed by atoms with Crippen LogP contribution in [-0.4, -0.2) is 192 Å². The average Bonchev–Trinajstić information content (AvgIpc) is 2.72. The fraction of sp³-hybridized carbons (Fsp3) is 0.406. The highest BCUT2D eigenvalue weighted by molar-refractivity contribution is 9.13. The van der Waals surface area contributed by atoms with E-state index in [9.17, 15) is 24.0 Å². The third-order valence-electron chi connectivity index (χ3n) is 13.9. The molecule has 5 saturated heterocycles. The first-order valence-corrected chi connectivity index (χ1v) is 38.3. The maximum atomic E-state index is 11.6. The summed E-state index contributed by atoms with van der Waals surface area (Å²) in [6.45, 7) is 16.7. The van der Waals surface area contributed by atoms with Crippen molar-refractivity contribution in [1.29, 1.82) is 0 Å². The van der Waals surface area contributed by atoms with Crippen molar-refractivity contribution in [3.8, 4) is 35.8 Å². The van der Waals surface area contributed by atoms with E-state index in [1.165, 1.54) is 0 Å². The summed E-state index contributed by atoms with van der Waals surface area (Å²) in [5.41, 5.74) is 14.2. The monoisotopic (exact) mass is 1430 g/mol. The highest BCUT2D eigenvalue weighted by atomic mass is 79.9. The molecular weight excluding hydrogens is 1350 g/mol. The molecular formula is C64H82Br3N15O5Si2. The Hall–Kier alpha value is -7.45. The van der Waals surface area contributed by atoms with Gasteiger partial charge in [-0.1, -0.05) is 51.1 Å². The van der Waals surface area contributed by atoms with Crippen LogP contribution in [0.3, 0.4) is 0 Å². The molecule has 5 amide bonds. The van der Waals surface area contributed by atoms with E-state index in [1.54, 1.807) is 75.6 Å². The van der Waals surface area contributed by atoms with Crippen LogP contribution in [0.2, 0.25) is 39.3 Å². The van der Waals surface area contributed by atoms with E-state index in [0.717, 1.165) is 73.5 Å². The Bertz CT molecular complexity index is 3520. The van der Waals surface area contributed by atoms with Crippen molar-refractivity contribution in [2.45, 2.75) is 102 Å². The Kier molecular flexibility index (Phi) is 28.0. The van der Waals surface area contributed by atoms with Gasteiger partial charge in [-0.15, -0.1) is 23.9 Å². The molecule has 0 bridgehead atoms. The quantitative estimate of drug-likeness (QED) is 0.0665. The molecule has 89 heavy (non-hydrogen) atoms. The average molecular weight is 1440 g/mol. The number of terminal acetylenes is 2. The molecule has 0 aliphatic carbocycles. The molecule has 11 rings (SSSR count). The molecule has 11 heterocycles. The van der Waals surface area contributed by atoms with Crippen LogP contribution in [0.5, 0.6) is 0 Å². The third kappa shape index (κ3) is 24.1. The van der Waals surface area contributed by atoms with Gasteiger partial charge >= 0.3 is 0 Å². The fourth-order valence-electron chi connectivity index (χ4n) is 9.04. The molecule has 5 aliphatic rings. The summed E-state index contributed by atoms with van der Waals surface area (Å²) in [7, 11) is 6.55. The molecule has 472 valence electrons. The van der Waals surface area contributed by atoms with Gasteiger partial charge in [-0.25, -0.2) is 24.9 Å². The standard InChI is InChI=1S/C15H21N3OSi.2C12H13N3O.C10H12BrN3O.C5H3Br2N.C5H10N2O.C5H10Si/c1-18-11-13(10-14(18)19)17-15-12(6-5-8-16-15)7-9-20(2,3)4;1-14-8-10(7-11(14)16)15-6-4-9-3-2-5-13-12(9)15;1-3-9-5-4-6-13-12(9)14-10-7-11(16)15(2)8-10;1-14-6-7(5-9(14)15)13-10-8(11)3-2-4-12-10;6-4-2-1-3-8-5(4)7;1-7-3-4(6)2-5(7)8;1-5-6(2,3)4/h5-6,8,13H,10-11H2,1-4H3,(H,16,17);2-6,10H,7-8H2,1H3;1,4-6,10H,7-8H2,2H3,(H,13,14);2-4,7H,5-6H2,1H3,(H,12,13);1-3H;4H,2-3,6H2,1H3;1H,2-4H3. The molecule has 5 atom stereocenters. The van der Waals surface area contributed by atoms with Gasteiger partial charge in [0.15, 0.2) is 0 Å². The first-order valence-electron chi connectivity index (χ1n) is 28.9. The number of fused-ring (bicyclic) bond motifs is 1. The van der Waals surface area contributed by atoms with Crippen molar-refractivity contribution in [2.75, 3.05) is 83.9 Å². The lowest BCUT2D eigenvalue weighted by Crippen LogP contribution is -2.25. The van der Waals surface area contributed by atoms with Crippen molar-refractivity contribution in [3.63, 3.8) is 0 Å². The van der Waals surface area contributed by atoms with Crippen LogP contribution in [0, 0.1) is 35.8 Å². The number of nitrogens with zero attached hydrogens (tertiary/aromatic N) is 11. The molecule has 0 radical (unpaired) electrons. The number of hydrogen-bond donors (Lipinski definition) is 4. The number of nitrogens with one attached hydrogen (secondary N) is 3. The van der Waals surface area contributed by atoms with Gasteiger partial charge in [0.2, 0.25) is 29.5 Å². The second-order valence-electron chi connectivity index (χ2n) is 23.9. The highest BCUT2D eigenvalue weighted by Crippen LogP contribution is 2.27. The number of carbonyl (C=O) groups excluding carboxylic acids is 5. The first-order chi connectivity index (χ1) is 42.0. The van der Waals surface area contributed by atoms with Gasteiger partial charge in [-0.3, -0.25) is 24.0 Å². The topological polar surface area (TPSA) is 233 Å². The van der Waals surface area contributed by atoms with E-state index in [0.29, 0.717) is 44.5 Å². The van der Waals surface area contributed by atoms with Gasteiger partial charge in [0.25, 0.3) is 0 Å². The Morgan fingerprint density at radius 3 is 1.31 bits per heavy atom. The predicted molar refractivity (Wildman–Crippen MR) is 371 cm³/mol. The van der Waals surface area contributed by atoms with E-state index in [-0.39, 0.29) is 59.7 Å². The molecule has 5 N–H and O–H groups in total. The van der Waals surface area contributed by atoms with Gasteiger partial charge in [0, 0.05) is 149 Å². The van der Waals surface area contributed by atoms with Crippen molar-refractivity contribution < 1.29 is 24.0 Å². The summed E-state index contributed by atoms with van der Waals surface area (Å²) in [4.78, 5) is 86.0. The maximum absolute atomic E-state index is 11.6. The molecule has 6 aromatic heterocycles. The molecule has 25 heteroatoms. The summed E-state index contributed by atoms with van der Waals surface area (Å²) < 4.78 is 4.86. The molecule has 0 spiro atoms. The minimum Gasteiger partial charge on any atom is -0.364 e. The molecule has 20 nitrogen and oxygen atoms in total. The van der Waals surface area contributed by atoms with Crippen LogP contribution in [0.15, 0.2) is 117 Å². The Labute approximate surface area is 551 Å². The summed E-state index contributed by atoms with van der Waals surface area (Å²) >= 11 is 9.93. The molecule has 0 aromatic carbocycles. The zero-order valence-corrected chi connectivity index (χ0v) is 59.4. The number of anilines is 3. The summed E-state index contributed by atoms with van der Waals surface area (Å²) in [5, 5.41) is 10.9. The van der Waals surface area contributed by atoms with Crippen LogP contribution in [0.4, 0.5) is 17.5 Å². The van der Waals surface area contributed by atoms with Gasteiger partial charge in [-0.2, -0.15) is 0 Å². The summed E-state index contributed by atoms with van der Waals surface area (Å²) in [6.07, 6.45) is 23.9. The number of amides is 5. The van der Waals surface area contributed by atoms with Gasteiger partial charge in [-0.05, 0) is 115 Å². The Morgan fingerprint density at radius 1 is 0.506 bits per heavy atom. The van der Waals surface area contributed by atoms with Crippen molar-refractivity contribution in [3.05, 3.63) is 129 Å². The first kappa shape index (κ1) is 72.3. The van der Waals surface area contributed by atoms with E-state index in [2.05, 4.69) is 155 Å². The number of likely N-dealkylation sites (N-methyl/N-ethyl adjacent to an activating group) is 5. The van der Waals surface area contributed by atoms with Gasteiger partial charge in [0.05, 0.1) is 44.2 Å². The molecule has 5 aliphatic heterocycles. The number of likely N-dealkylation sites (tertiary alicyclic amines) is 5. The summed E-state index contributed by atoms with van der Waals surface area (Å²) in [6, 6.07) is 21.8. The maximum Gasteiger partial charge on any atom is 0.224 e. The van der Waals surface area contributed by atoms with E-state index >= 15 is 0 Å². The fourth-order valence-corrected chi connectivity index (χ4v) is 10.4. The second kappa shape index (κ2) is 34.5. The number of pyridine rings is 5. The SMILES string of the molecule is Brc1cccnc1Br.C#C[Si](C)(C)C.C#Cc1cccnc1NC1CC(=O)N(C)C1.CN1CC(N)CC1=O.CN1CC(Nc2ncccc2Br)CC1=O.CN1CC(Nc2ncccc2C#C[Si](C)(C)C)CC1=O.CN1CC(n2ccc3cccnc32)CC1=O. The summed E-state index contributed by atoms with van der Waals surface area (Å²) in [5.74, 6) is 8.94. The van der Waals surface area contributed by atoms with Crippen LogP contribution in [0.25, 0.3) is 11.0 Å². The second-order valence-corrected chi connectivity index (χ2v) is 35.9. The zero-order valence-electron chi connectivity index (χ0n) is 52.6. The Morgan fingerprint density at radius 2 is 0.921 bits per heavy atom. The largest absolute Gasteiger partial charge is 0.364 e. The van der Waals surface area contributed by atoms with Gasteiger partial charge < -0.3 is 50.8 Å². The lowest BCUT2D eigenvalue weighted by Gasteiger charge is -2.14. The number of halogens is 3. The van der Waals surface area contributed by atoms with Crippen molar-refractivity contribution in [2.24, 2.45) is 5.73 Å². The van der Waals surface area contributed by atoms with E-state index in [1.807, 2.05) is 88.0 Å². The van der Waals surface area contributed by atoms with E-state index in [4.69, 9.17) is 18.6 Å². The minimum atomic E-state index is -1.41. The normalized spacial score (nSPS) is 19.2.